The molecule has 1 aromatic rings. The summed E-state index contributed by atoms with van der Waals surface area (Å²) in [6.45, 7) is 6.55. The molecule has 0 aromatic heterocycles. The van der Waals surface area contributed by atoms with Crippen LogP contribution in [0.15, 0.2) is 28.7 Å². The molecule has 0 aliphatic carbocycles. The van der Waals surface area contributed by atoms with Gasteiger partial charge in [-0.1, -0.05) is 15.9 Å². The molecule has 0 radical (unpaired) electrons. The third kappa shape index (κ3) is 6.67. The van der Waals surface area contributed by atoms with Gasteiger partial charge in [0.1, 0.15) is 12.4 Å². The first-order chi connectivity index (χ1) is 10.6. The van der Waals surface area contributed by atoms with E-state index in [1.807, 2.05) is 31.3 Å². The molecular formula is C16H25BrClN3O2. The summed E-state index contributed by atoms with van der Waals surface area (Å²) in [5, 5.41) is 3.33. The number of ether oxygens (including phenoxy) is 1. The second kappa shape index (κ2) is 10.1. The van der Waals surface area contributed by atoms with Gasteiger partial charge in [-0.3, -0.25) is 9.69 Å². The topological polar surface area (TPSA) is 44.8 Å². The Balaban J connectivity index is 0.00000264. The largest absolute Gasteiger partial charge is 0.492 e. The molecule has 7 heteroatoms. The van der Waals surface area contributed by atoms with E-state index in [9.17, 15) is 4.79 Å². The van der Waals surface area contributed by atoms with Gasteiger partial charge in [-0.2, -0.15) is 0 Å². The highest BCUT2D eigenvalue weighted by atomic mass is 79.9. The van der Waals surface area contributed by atoms with Gasteiger partial charge in [0.05, 0.1) is 13.1 Å². The summed E-state index contributed by atoms with van der Waals surface area (Å²) in [5.41, 5.74) is 0. The van der Waals surface area contributed by atoms with E-state index in [-0.39, 0.29) is 18.3 Å². The maximum absolute atomic E-state index is 12.2. The summed E-state index contributed by atoms with van der Waals surface area (Å²) in [7, 11) is 1.83. The Kier molecular flexibility index (Phi) is 8.91. The highest BCUT2D eigenvalue weighted by Crippen LogP contribution is 2.15. The lowest BCUT2D eigenvalue weighted by Crippen LogP contribution is -2.53. The fraction of sp³-hybridized carbons (Fsp3) is 0.562. The van der Waals surface area contributed by atoms with E-state index < -0.39 is 0 Å². The van der Waals surface area contributed by atoms with Gasteiger partial charge in [0.15, 0.2) is 0 Å². The first-order valence-electron chi connectivity index (χ1n) is 7.63. The third-order valence-electron chi connectivity index (χ3n) is 3.91. The van der Waals surface area contributed by atoms with Crippen LogP contribution in [-0.4, -0.2) is 68.1 Å². The number of rotatable bonds is 6. The van der Waals surface area contributed by atoms with Crippen molar-refractivity contribution >= 4 is 34.2 Å². The van der Waals surface area contributed by atoms with E-state index in [4.69, 9.17) is 4.74 Å². The van der Waals surface area contributed by atoms with Gasteiger partial charge < -0.3 is 15.0 Å². The Hall–Kier alpha value is -0.820. The van der Waals surface area contributed by atoms with Crippen LogP contribution in [-0.2, 0) is 4.79 Å². The number of carbonyl (C=O) groups excluding carboxylic acids is 1. The number of benzene rings is 1. The number of nitrogens with one attached hydrogen (secondary N) is 1. The molecule has 1 aromatic carbocycles. The van der Waals surface area contributed by atoms with E-state index in [2.05, 4.69) is 33.1 Å². The van der Waals surface area contributed by atoms with Crippen LogP contribution in [0.4, 0.5) is 0 Å². The number of piperazine rings is 1. The predicted molar refractivity (Wildman–Crippen MR) is 98.4 cm³/mol. The number of halogens is 2. The summed E-state index contributed by atoms with van der Waals surface area (Å²) < 4.78 is 6.68. The molecule has 1 heterocycles. The maximum Gasteiger partial charge on any atom is 0.236 e. The Morgan fingerprint density at radius 3 is 2.78 bits per heavy atom. The minimum absolute atomic E-state index is 0. The molecule has 0 saturated carbocycles. The van der Waals surface area contributed by atoms with Crippen molar-refractivity contribution in [3.63, 3.8) is 0 Å². The molecule has 1 saturated heterocycles. The Morgan fingerprint density at radius 1 is 1.43 bits per heavy atom. The van der Waals surface area contributed by atoms with Crippen molar-refractivity contribution in [1.29, 1.82) is 0 Å². The van der Waals surface area contributed by atoms with Gasteiger partial charge in [0.2, 0.25) is 5.91 Å². The fourth-order valence-corrected chi connectivity index (χ4v) is 2.63. The van der Waals surface area contributed by atoms with Crippen molar-refractivity contribution < 1.29 is 9.53 Å². The average Bonchev–Trinajstić information content (AvgIpc) is 2.51. The molecule has 1 aliphatic rings. The van der Waals surface area contributed by atoms with Crippen molar-refractivity contribution in [2.45, 2.75) is 13.0 Å². The Morgan fingerprint density at radius 2 is 2.13 bits per heavy atom. The number of carbonyl (C=O) groups is 1. The monoisotopic (exact) mass is 405 g/mol. The average molecular weight is 407 g/mol. The van der Waals surface area contributed by atoms with Crippen LogP contribution in [0.3, 0.4) is 0 Å². The third-order valence-corrected chi connectivity index (χ3v) is 4.44. The van der Waals surface area contributed by atoms with Crippen LogP contribution >= 0.6 is 28.3 Å². The lowest BCUT2D eigenvalue weighted by atomic mass is 10.2. The van der Waals surface area contributed by atoms with Crippen LogP contribution in [0.5, 0.6) is 5.75 Å². The minimum Gasteiger partial charge on any atom is -0.492 e. The summed E-state index contributed by atoms with van der Waals surface area (Å²) in [6, 6.07) is 8.11. The number of likely N-dealkylation sites (N-methyl/N-ethyl adjacent to an activating group) is 1. The molecule has 1 fully saturated rings. The highest BCUT2D eigenvalue weighted by Gasteiger charge is 2.21. The summed E-state index contributed by atoms with van der Waals surface area (Å²) in [4.78, 5) is 16.2. The van der Waals surface area contributed by atoms with Gasteiger partial charge in [0, 0.05) is 37.2 Å². The van der Waals surface area contributed by atoms with Crippen molar-refractivity contribution in [3.8, 4) is 5.75 Å². The first kappa shape index (κ1) is 20.2. The number of nitrogens with zero attached hydrogens (tertiary/aromatic N) is 2. The van der Waals surface area contributed by atoms with Crippen molar-refractivity contribution in [3.05, 3.63) is 28.7 Å². The second-order valence-electron chi connectivity index (χ2n) is 5.64. The van der Waals surface area contributed by atoms with Crippen LogP contribution in [0.25, 0.3) is 0 Å². The number of hydrogen-bond acceptors (Lipinski definition) is 4. The summed E-state index contributed by atoms with van der Waals surface area (Å²) in [5.74, 6) is 0.966. The van der Waals surface area contributed by atoms with E-state index in [1.54, 1.807) is 4.90 Å². The molecule has 0 unspecified atom stereocenters. The minimum atomic E-state index is 0. The molecule has 0 bridgehead atoms. The molecule has 1 atom stereocenters. The smallest absolute Gasteiger partial charge is 0.236 e. The molecule has 1 aliphatic heterocycles. The zero-order chi connectivity index (χ0) is 15.9. The maximum atomic E-state index is 12.2. The predicted octanol–water partition coefficient (Wildman–Crippen LogP) is 2.00. The summed E-state index contributed by atoms with van der Waals surface area (Å²) >= 11 is 3.39. The van der Waals surface area contributed by atoms with Crippen molar-refractivity contribution in [2.24, 2.45) is 0 Å². The van der Waals surface area contributed by atoms with Crippen LogP contribution in [0, 0.1) is 0 Å². The highest BCUT2D eigenvalue weighted by molar-refractivity contribution is 9.10. The van der Waals surface area contributed by atoms with E-state index in [1.165, 1.54) is 0 Å². The SMILES string of the molecule is C[C@H]1CNCCN1CC(=O)N(C)CCOc1ccc(Br)cc1.Cl. The van der Waals surface area contributed by atoms with Crippen LogP contribution < -0.4 is 10.1 Å². The molecular weight excluding hydrogens is 382 g/mol. The molecule has 2 rings (SSSR count). The van der Waals surface area contributed by atoms with Crippen LogP contribution in [0.1, 0.15) is 6.92 Å². The normalized spacial score (nSPS) is 18.1. The quantitative estimate of drug-likeness (QED) is 0.785. The zero-order valence-electron chi connectivity index (χ0n) is 13.6. The lowest BCUT2D eigenvalue weighted by molar-refractivity contribution is -0.132. The first-order valence-corrected chi connectivity index (χ1v) is 8.42. The van der Waals surface area contributed by atoms with E-state index in [0.29, 0.717) is 25.7 Å². The molecule has 0 spiro atoms. The van der Waals surface area contributed by atoms with Gasteiger partial charge >= 0.3 is 0 Å². The van der Waals surface area contributed by atoms with Crippen molar-refractivity contribution in [1.82, 2.24) is 15.1 Å². The summed E-state index contributed by atoms with van der Waals surface area (Å²) in [6.07, 6.45) is 0. The van der Waals surface area contributed by atoms with Gasteiger partial charge in [-0.15, -0.1) is 12.4 Å². The molecule has 1 amide bonds. The van der Waals surface area contributed by atoms with Crippen molar-refractivity contribution in [2.75, 3.05) is 46.4 Å². The van der Waals surface area contributed by atoms with E-state index >= 15 is 0 Å². The molecule has 5 nitrogen and oxygen atoms in total. The molecule has 1 N–H and O–H groups in total. The zero-order valence-corrected chi connectivity index (χ0v) is 16.0. The Labute approximate surface area is 152 Å². The standard InChI is InChI=1S/C16H24BrN3O2.ClH/c1-13-11-18-7-8-20(13)12-16(21)19(2)9-10-22-15-5-3-14(17)4-6-15;/h3-6,13,18H,7-12H2,1-2H3;1H/t13-;/m0./s1. The van der Waals surface area contributed by atoms with Gasteiger partial charge in [0.25, 0.3) is 0 Å². The Bertz CT molecular complexity index is 487. The van der Waals surface area contributed by atoms with Gasteiger partial charge in [-0.25, -0.2) is 0 Å². The molecule has 23 heavy (non-hydrogen) atoms. The number of amides is 1. The van der Waals surface area contributed by atoms with E-state index in [0.717, 1.165) is 29.9 Å². The number of hydrogen-bond donors (Lipinski definition) is 1. The molecule has 130 valence electrons. The van der Waals surface area contributed by atoms with Crippen LogP contribution in [0.2, 0.25) is 0 Å². The second-order valence-corrected chi connectivity index (χ2v) is 6.56. The fourth-order valence-electron chi connectivity index (χ4n) is 2.37. The lowest BCUT2D eigenvalue weighted by Gasteiger charge is -2.34. The van der Waals surface area contributed by atoms with Gasteiger partial charge in [-0.05, 0) is 31.2 Å².